The maximum atomic E-state index is 12.1. The molecule has 1 aliphatic rings. The molecule has 5 heteroatoms. The Balaban J connectivity index is 2.40. The molecule has 0 radical (unpaired) electrons. The molecule has 0 saturated carbocycles. The molecule has 4 nitrogen and oxygen atoms in total. The molecule has 1 aromatic carbocycles. The van der Waals surface area contributed by atoms with E-state index in [1.807, 2.05) is 31.2 Å². The summed E-state index contributed by atoms with van der Waals surface area (Å²) in [6.07, 6.45) is 0. The van der Waals surface area contributed by atoms with Crippen LogP contribution in [0.2, 0.25) is 0 Å². The lowest BCUT2D eigenvalue weighted by atomic mass is 10.2. The van der Waals surface area contributed by atoms with E-state index in [1.54, 1.807) is 6.92 Å². The lowest BCUT2D eigenvalue weighted by Crippen LogP contribution is -2.39. The third-order valence-corrected chi connectivity index (χ3v) is 3.76. The van der Waals surface area contributed by atoms with E-state index in [2.05, 4.69) is 5.10 Å². The number of Topliss-reactive ketones (excluding diaryl/α,β-unsaturated/α-hetero) is 1. The average Bonchev–Trinajstić information content (AvgIpc) is 2.33. The number of carbonyl (C=O) groups is 2. The predicted molar refractivity (Wildman–Crippen MR) is 73.8 cm³/mol. The summed E-state index contributed by atoms with van der Waals surface area (Å²) >= 11 is 1.21. The van der Waals surface area contributed by atoms with Crippen LogP contribution in [0.5, 0.6) is 0 Å². The number of nitrogens with zero attached hydrogens (tertiary/aromatic N) is 2. The molecule has 0 fully saturated rings. The Morgan fingerprint density at radius 2 is 1.94 bits per heavy atom. The van der Waals surface area contributed by atoms with Crippen molar-refractivity contribution >= 4 is 34.2 Å². The normalized spacial score (nSPS) is 19.7. The van der Waals surface area contributed by atoms with Crippen LogP contribution in [0.15, 0.2) is 29.4 Å². The SMILES string of the molecule is CC(=O)C1=NN(c2ccc(C)cc2)C(=O)C(C)S1. The molecule has 0 aromatic heterocycles. The molecule has 94 valence electrons. The minimum absolute atomic E-state index is 0.103. The van der Waals surface area contributed by atoms with E-state index in [9.17, 15) is 9.59 Å². The first-order chi connectivity index (χ1) is 8.49. The van der Waals surface area contributed by atoms with E-state index < -0.39 is 0 Å². The molecule has 0 bridgehead atoms. The maximum absolute atomic E-state index is 12.1. The van der Waals surface area contributed by atoms with Crippen LogP contribution in [-0.2, 0) is 9.59 Å². The zero-order valence-corrected chi connectivity index (χ0v) is 11.3. The largest absolute Gasteiger partial charge is 0.292 e. The van der Waals surface area contributed by atoms with E-state index in [1.165, 1.54) is 23.7 Å². The highest BCUT2D eigenvalue weighted by atomic mass is 32.2. The van der Waals surface area contributed by atoms with Crippen molar-refractivity contribution in [2.45, 2.75) is 26.0 Å². The van der Waals surface area contributed by atoms with E-state index in [0.717, 1.165) is 5.56 Å². The molecule has 1 heterocycles. The van der Waals surface area contributed by atoms with Crippen LogP contribution in [0.4, 0.5) is 5.69 Å². The number of hydrazone groups is 1. The Morgan fingerprint density at radius 1 is 1.33 bits per heavy atom. The Morgan fingerprint density at radius 3 is 2.50 bits per heavy atom. The number of amides is 1. The predicted octanol–water partition coefficient (Wildman–Crippen LogP) is 2.37. The second-order valence-electron chi connectivity index (χ2n) is 4.21. The molecule has 1 atom stereocenters. The smallest absolute Gasteiger partial charge is 0.260 e. The van der Waals surface area contributed by atoms with Gasteiger partial charge in [-0.15, -0.1) is 0 Å². The van der Waals surface area contributed by atoms with Crippen molar-refractivity contribution in [3.8, 4) is 0 Å². The fraction of sp³-hybridized carbons (Fsp3) is 0.308. The van der Waals surface area contributed by atoms with Gasteiger partial charge in [0.2, 0.25) is 0 Å². The van der Waals surface area contributed by atoms with Crippen LogP contribution in [0, 0.1) is 6.92 Å². The molecule has 0 saturated heterocycles. The van der Waals surface area contributed by atoms with Gasteiger partial charge in [0.05, 0.1) is 10.9 Å². The number of ketones is 1. The van der Waals surface area contributed by atoms with Crippen molar-refractivity contribution in [2.75, 3.05) is 5.01 Å². The molecular weight excluding hydrogens is 248 g/mol. The van der Waals surface area contributed by atoms with Gasteiger partial charge in [-0.3, -0.25) is 9.59 Å². The number of hydrogen-bond acceptors (Lipinski definition) is 4. The van der Waals surface area contributed by atoms with Gasteiger partial charge in [0, 0.05) is 6.92 Å². The minimum atomic E-state index is -0.289. The Kier molecular flexibility index (Phi) is 3.52. The average molecular weight is 262 g/mol. The van der Waals surface area contributed by atoms with Gasteiger partial charge in [0.1, 0.15) is 0 Å². The number of rotatable bonds is 2. The first-order valence-corrected chi connectivity index (χ1v) is 6.54. The Hall–Kier alpha value is -1.62. The second kappa shape index (κ2) is 4.94. The van der Waals surface area contributed by atoms with Crippen LogP contribution in [0.3, 0.4) is 0 Å². The third-order valence-electron chi connectivity index (χ3n) is 2.62. The molecule has 2 rings (SSSR count). The van der Waals surface area contributed by atoms with Crippen LogP contribution >= 0.6 is 11.8 Å². The number of benzene rings is 1. The van der Waals surface area contributed by atoms with Gasteiger partial charge in [-0.25, -0.2) is 0 Å². The monoisotopic (exact) mass is 262 g/mol. The first kappa shape index (κ1) is 12.8. The standard InChI is InChI=1S/C13H14N2O2S/c1-8-4-6-11(7-5-8)15-13(17)10(3)18-12(14-15)9(2)16/h4-7,10H,1-3H3. The molecule has 0 spiro atoms. The summed E-state index contributed by atoms with van der Waals surface area (Å²) in [5.41, 5.74) is 1.80. The summed E-state index contributed by atoms with van der Waals surface area (Å²) < 4.78 is 0. The van der Waals surface area contributed by atoms with Gasteiger partial charge in [0.25, 0.3) is 5.91 Å². The van der Waals surface area contributed by atoms with Gasteiger partial charge < -0.3 is 0 Å². The van der Waals surface area contributed by atoms with Crippen molar-refractivity contribution in [1.29, 1.82) is 0 Å². The van der Waals surface area contributed by atoms with Crippen LogP contribution in [0.1, 0.15) is 19.4 Å². The third kappa shape index (κ3) is 2.46. The fourth-order valence-corrected chi connectivity index (χ4v) is 2.41. The lowest BCUT2D eigenvalue weighted by Gasteiger charge is -2.26. The van der Waals surface area contributed by atoms with E-state index in [4.69, 9.17) is 0 Å². The number of aryl methyl sites for hydroxylation is 1. The number of hydrogen-bond donors (Lipinski definition) is 0. The fourth-order valence-electron chi connectivity index (χ4n) is 1.58. The maximum Gasteiger partial charge on any atom is 0.260 e. The molecule has 1 aliphatic heterocycles. The van der Waals surface area contributed by atoms with Gasteiger partial charge >= 0.3 is 0 Å². The summed E-state index contributed by atoms with van der Waals surface area (Å²) in [5, 5.41) is 5.53. The van der Waals surface area contributed by atoms with Crippen molar-refractivity contribution < 1.29 is 9.59 Å². The molecule has 0 N–H and O–H groups in total. The molecule has 1 amide bonds. The lowest BCUT2D eigenvalue weighted by molar-refractivity contribution is -0.117. The van der Waals surface area contributed by atoms with Gasteiger partial charge in [-0.2, -0.15) is 10.1 Å². The minimum Gasteiger partial charge on any atom is -0.292 e. The topological polar surface area (TPSA) is 49.7 Å². The number of carbonyl (C=O) groups excluding carboxylic acids is 2. The molecular formula is C13H14N2O2S. The van der Waals surface area contributed by atoms with Crippen molar-refractivity contribution in [2.24, 2.45) is 5.10 Å². The van der Waals surface area contributed by atoms with Crippen LogP contribution in [-0.4, -0.2) is 22.0 Å². The quantitative estimate of drug-likeness (QED) is 0.822. The van der Waals surface area contributed by atoms with Gasteiger partial charge in [-0.1, -0.05) is 29.5 Å². The highest BCUT2D eigenvalue weighted by molar-refractivity contribution is 8.16. The highest BCUT2D eigenvalue weighted by Gasteiger charge is 2.30. The number of anilines is 1. The Labute approximate surface area is 110 Å². The molecule has 1 aromatic rings. The van der Waals surface area contributed by atoms with Gasteiger partial charge in [-0.05, 0) is 26.0 Å². The highest BCUT2D eigenvalue weighted by Crippen LogP contribution is 2.27. The zero-order chi connectivity index (χ0) is 13.3. The molecule has 1 unspecified atom stereocenters. The van der Waals surface area contributed by atoms with E-state index >= 15 is 0 Å². The van der Waals surface area contributed by atoms with Crippen molar-refractivity contribution in [3.63, 3.8) is 0 Å². The van der Waals surface area contributed by atoms with E-state index in [0.29, 0.717) is 10.7 Å². The van der Waals surface area contributed by atoms with Crippen LogP contribution < -0.4 is 5.01 Å². The van der Waals surface area contributed by atoms with Crippen LogP contribution in [0.25, 0.3) is 0 Å². The first-order valence-electron chi connectivity index (χ1n) is 5.66. The zero-order valence-electron chi connectivity index (χ0n) is 10.5. The molecule has 18 heavy (non-hydrogen) atoms. The van der Waals surface area contributed by atoms with Gasteiger partial charge in [0.15, 0.2) is 10.8 Å². The number of thioether (sulfide) groups is 1. The molecule has 0 aliphatic carbocycles. The Bertz CT molecular complexity index is 522. The summed E-state index contributed by atoms with van der Waals surface area (Å²) in [4.78, 5) is 23.5. The second-order valence-corrected chi connectivity index (χ2v) is 5.54. The van der Waals surface area contributed by atoms with Crippen molar-refractivity contribution in [1.82, 2.24) is 0 Å². The summed E-state index contributed by atoms with van der Waals surface area (Å²) in [6.45, 7) is 5.22. The van der Waals surface area contributed by atoms with E-state index in [-0.39, 0.29) is 16.9 Å². The summed E-state index contributed by atoms with van der Waals surface area (Å²) in [6, 6.07) is 7.49. The summed E-state index contributed by atoms with van der Waals surface area (Å²) in [5.74, 6) is -0.217. The van der Waals surface area contributed by atoms with Crippen molar-refractivity contribution in [3.05, 3.63) is 29.8 Å². The summed E-state index contributed by atoms with van der Waals surface area (Å²) in [7, 11) is 0.